The monoisotopic (exact) mass is 272 g/mol. The third kappa shape index (κ3) is 3.57. The van der Waals surface area contributed by atoms with E-state index in [1.807, 2.05) is 0 Å². The fraction of sp³-hybridized carbons (Fsp3) is 1.00. The summed E-state index contributed by atoms with van der Waals surface area (Å²) in [5, 5.41) is 9.27. The minimum Gasteiger partial charge on any atom is -0.392 e. The van der Waals surface area contributed by atoms with E-state index in [9.17, 15) is 22.3 Å². The van der Waals surface area contributed by atoms with E-state index in [2.05, 4.69) is 4.72 Å². The normalized spacial score (nSPS) is 26.9. The highest BCUT2D eigenvalue weighted by Crippen LogP contribution is 2.48. The first-order valence-corrected chi connectivity index (χ1v) is 6.80. The Morgan fingerprint density at radius 1 is 1.53 bits per heavy atom. The van der Waals surface area contributed by atoms with Crippen LogP contribution in [0.5, 0.6) is 0 Å². The molecule has 0 spiro atoms. The summed E-state index contributed by atoms with van der Waals surface area (Å²) >= 11 is 0. The van der Waals surface area contributed by atoms with Crippen molar-refractivity contribution in [1.82, 2.24) is 9.03 Å². The Morgan fingerprint density at radius 2 is 2.00 bits per heavy atom. The predicted molar refractivity (Wildman–Crippen MR) is 58.9 cm³/mol. The summed E-state index contributed by atoms with van der Waals surface area (Å²) in [6, 6.07) is -0.618. The van der Waals surface area contributed by atoms with E-state index in [4.69, 9.17) is 0 Å². The van der Waals surface area contributed by atoms with Gasteiger partial charge in [0.25, 0.3) is 16.1 Å². The quantitative estimate of drug-likeness (QED) is 0.724. The zero-order valence-electron chi connectivity index (χ0n) is 10.0. The molecule has 2 unspecified atom stereocenters. The maximum Gasteiger partial charge on any atom is 0.279 e. The molecule has 1 rings (SSSR count). The van der Waals surface area contributed by atoms with E-state index >= 15 is 0 Å². The van der Waals surface area contributed by atoms with Crippen LogP contribution in [-0.2, 0) is 10.2 Å². The van der Waals surface area contributed by atoms with Gasteiger partial charge in [0.15, 0.2) is 0 Å². The molecule has 0 aromatic carbocycles. The van der Waals surface area contributed by atoms with Crippen LogP contribution in [0.3, 0.4) is 0 Å². The third-order valence-corrected chi connectivity index (χ3v) is 4.74. The predicted octanol–water partition coefficient (Wildman–Crippen LogP) is 0.177. The van der Waals surface area contributed by atoms with Crippen molar-refractivity contribution in [3.05, 3.63) is 0 Å². The van der Waals surface area contributed by atoms with Crippen LogP contribution in [0.1, 0.15) is 20.3 Å². The van der Waals surface area contributed by atoms with Gasteiger partial charge in [-0.3, -0.25) is 0 Å². The second-order valence-electron chi connectivity index (χ2n) is 4.51. The fourth-order valence-corrected chi connectivity index (χ4v) is 2.55. The molecule has 0 saturated heterocycles. The molecular formula is C9H18F2N2O3S. The van der Waals surface area contributed by atoms with Crippen LogP contribution in [0, 0.1) is 5.92 Å². The van der Waals surface area contributed by atoms with Gasteiger partial charge in [-0.2, -0.15) is 12.7 Å². The molecular weight excluding hydrogens is 254 g/mol. The van der Waals surface area contributed by atoms with Gasteiger partial charge in [0.2, 0.25) is 0 Å². The van der Waals surface area contributed by atoms with Gasteiger partial charge < -0.3 is 5.11 Å². The number of alkyl halides is 2. The van der Waals surface area contributed by atoms with Gasteiger partial charge in [-0.05, 0) is 13.8 Å². The maximum atomic E-state index is 12.6. The summed E-state index contributed by atoms with van der Waals surface area (Å²) in [5.74, 6) is -3.65. The molecule has 0 aromatic rings. The van der Waals surface area contributed by atoms with Crippen molar-refractivity contribution in [3.8, 4) is 0 Å². The second-order valence-corrected chi connectivity index (χ2v) is 6.33. The van der Waals surface area contributed by atoms with Gasteiger partial charge in [0.05, 0.1) is 6.10 Å². The first kappa shape index (κ1) is 14.7. The van der Waals surface area contributed by atoms with Gasteiger partial charge >= 0.3 is 0 Å². The lowest BCUT2D eigenvalue weighted by Crippen LogP contribution is -2.47. The Bertz CT molecular complexity index is 372. The number of aliphatic hydroxyl groups is 1. The van der Waals surface area contributed by atoms with Crippen LogP contribution < -0.4 is 4.72 Å². The lowest BCUT2D eigenvalue weighted by Gasteiger charge is -2.26. The largest absolute Gasteiger partial charge is 0.392 e. The Morgan fingerprint density at radius 3 is 2.35 bits per heavy atom. The van der Waals surface area contributed by atoms with E-state index in [0.29, 0.717) is 0 Å². The summed E-state index contributed by atoms with van der Waals surface area (Å²) in [5.41, 5.74) is 0. The molecule has 1 aliphatic carbocycles. The molecule has 3 atom stereocenters. The fourth-order valence-electron chi connectivity index (χ4n) is 1.32. The topological polar surface area (TPSA) is 69.6 Å². The number of aliphatic hydroxyl groups excluding tert-OH is 1. The zero-order valence-corrected chi connectivity index (χ0v) is 10.8. The highest BCUT2D eigenvalue weighted by Gasteiger charge is 2.56. The van der Waals surface area contributed by atoms with Crippen LogP contribution >= 0.6 is 0 Å². The van der Waals surface area contributed by atoms with Gasteiger partial charge in [-0.1, -0.05) is 0 Å². The van der Waals surface area contributed by atoms with Crippen molar-refractivity contribution in [3.63, 3.8) is 0 Å². The SMILES string of the molecule is CC([C@@H](C)O)N(C)S(=O)(=O)NCC1CC1(F)F. The lowest BCUT2D eigenvalue weighted by atomic mass is 10.2. The number of hydrogen-bond donors (Lipinski definition) is 2. The molecule has 0 bridgehead atoms. The standard InChI is InChI=1S/C9H18F2N2O3S/c1-6(7(2)14)13(3)17(15,16)12-5-8-4-9(8,10)11/h6-8,12,14H,4-5H2,1-3H3/t6?,7-,8?/m1/s1. The van der Waals surface area contributed by atoms with Crippen LogP contribution in [0.4, 0.5) is 8.78 Å². The molecule has 0 heterocycles. The summed E-state index contributed by atoms with van der Waals surface area (Å²) in [6.45, 7) is 2.73. The van der Waals surface area contributed by atoms with Crippen LogP contribution in [0.2, 0.25) is 0 Å². The maximum absolute atomic E-state index is 12.6. The molecule has 1 saturated carbocycles. The van der Waals surface area contributed by atoms with E-state index in [0.717, 1.165) is 4.31 Å². The van der Waals surface area contributed by atoms with Gasteiger partial charge in [0.1, 0.15) is 0 Å². The van der Waals surface area contributed by atoms with Gasteiger partial charge in [-0.25, -0.2) is 13.5 Å². The van der Waals surface area contributed by atoms with Gasteiger partial charge in [0, 0.05) is 32.0 Å². The van der Waals surface area contributed by atoms with Crippen molar-refractivity contribution in [2.24, 2.45) is 5.92 Å². The molecule has 5 nitrogen and oxygen atoms in total. The lowest BCUT2D eigenvalue weighted by molar-refractivity contribution is 0.0993. The molecule has 0 aliphatic heterocycles. The Labute approximate surface area is 100.0 Å². The minimum atomic E-state index is -3.82. The van der Waals surface area contributed by atoms with Crippen molar-refractivity contribution >= 4 is 10.2 Å². The molecule has 0 radical (unpaired) electrons. The number of likely N-dealkylation sites (N-methyl/N-ethyl adjacent to an activating group) is 1. The smallest absolute Gasteiger partial charge is 0.279 e. The molecule has 17 heavy (non-hydrogen) atoms. The molecule has 8 heteroatoms. The third-order valence-electron chi connectivity index (χ3n) is 3.12. The van der Waals surface area contributed by atoms with E-state index < -0.39 is 34.2 Å². The molecule has 0 aromatic heterocycles. The Hall–Kier alpha value is -0.310. The average molecular weight is 272 g/mol. The van der Waals surface area contributed by atoms with E-state index in [-0.39, 0.29) is 13.0 Å². The molecule has 2 N–H and O–H groups in total. The summed E-state index contributed by atoms with van der Waals surface area (Å²) in [4.78, 5) is 0. The van der Waals surface area contributed by atoms with Crippen molar-refractivity contribution < 1.29 is 22.3 Å². The summed E-state index contributed by atoms with van der Waals surface area (Å²) in [6.07, 6.45) is -1.11. The summed E-state index contributed by atoms with van der Waals surface area (Å²) < 4.78 is 51.6. The Balaban J connectivity index is 2.51. The van der Waals surface area contributed by atoms with Crippen LogP contribution in [-0.4, -0.2) is 49.5 Å². The van der Waals surface area contributed by atoms with Crippen molar-refractivity contribution in [1.29, 1.82) is 0 Å². The molecule has 1 aliphatic rings. The second kappa shape index (κ2) is 4.75. The molecule has 0 amide bonds. The van der Waals surface area contributed by atoms with Crippen molar-refractivity contribution in [2.45, 2.75) is 38.3 Å². The number of halogens is 2. The zero-order chi connectivity index (χ0) is 13.4. The summed E-state index contributed by atoms with van der Waals surface area (Å²) in [7, 11) is -2.52. The van der Waals surface area contributed by atoms with Crippen LogP contribution in [0.25, 0.3) is 0 Å². The van der Waals surface area contributed by atoms with E-state index in [1.54, 1.807) is 0 Å². The number of nitrogens with zero attached hydrogens (tertiary/aromatic N) is 1. The highest BCUT2D eigenvalue weighted by atomic mass is 32.2. The number of hydrogen-bond acceptors (Lipinski definition) is 3. The van der Waals surface area contributed by atoms with Gasteiger partial charge in [-0.15, -0.1) is 0 Å². The first-order chi connectivity index (χ1) is 7.58. The Kier molecular flexibility index (Phi) is 4.12. The van der Waals surface area contributed by atoms with E-state index in [1.165, 1.54) is 20.9 Å². The average Bonchev–Trinajstić information content (AvgIpc) is 2.81. The number of nitrogens with one attached hydrogen (secondary N) is 1. The molecule has 1 fully saturated rings. The molecule has 102 valence electrons. The highest BCUT2D eigenvalue weighted by molar-refractivity contribution is 7.87. The minimum absolute atomic E-state index is 0.272. The van der Waals surface area contributed by atoms with Crippen molar-refractivity contribution in [2.75, 3.05) is 13.6 Å². The first-order valence-electron chi connectivity index (χ1n) is 5.36. The number of rotatable bonds is 6. The van der Waals surface area contributed by atoms with Crippen LogP contribution in [0.15, 0.2) is 0 Å².